The molecule has 0 atom stereocenters. The fraction of sp³-hybridized carbons (Fsp3) is 0.333. The van der Waals surface area contributed by atoms with E-state index in [9.17, 15) is 4.79 Å². The topological polar surface area (TPSA) is 79.0 Å². The molecule has 1 aromatic carbocycles. The molecule has 2 rings (SSSR count). The molecule has 1 fully saturated rings. The summed E-state index contributed by atoms with van der Waals surface area (Å²) in [5.74, 6) is 0.465. The number of carbonyl (C=O) groups is 1. The molecule has 90 valence electrons. The van der Waals surface area contributed by atoms with Gasteiger partial charge in [-0.3, -0.25) is 10.2 Å². The second kappa shape index (κ2) is 5.23. The molecule has 0 radical (unpaired) electrons. The fourth-order valence-electron chi connectivity index (χ4n) is 1.46. The Morgan fingerprint density at radius 1 is 1.47 bits per heavy atom. The van der Waals surface area contributed by atoms with Crippen molar-refractivity contribution in [3.63, 3.8) is 0 Å². The molecule has 1 aliphatic rings. The smallest absolute Gasteiger partial charge is 0.230 e. The monoisotopic (exact) mass is 249 g/mol. The van der Waals surface area contributed by atoms with Crippen molar-refractivity contribution < 1.29 is 4.79 Å². The number of benzene rings is 1. The standard InChI is InChI=1S/C12H15N3OS/c13-12(14)9-3-1-2-4-10(9)17-7-11(16)15-8-5-6-8/h1-4,8H,5-7H2,(H3,13,14)(H,15,16). The molecular formula is C12H15N3OS. The summed E-state index contributed by atoms with van der Waals surface area (Å²) in [5.41, 5.74) is 6.17. The number of nitrogen functional groups attached to an aromatic ring is 1. The SMILES string of the molecule is N=C(N)c1ccccc1SCC(=O)NC1CC1. The number of thioether (sulfide) groups is 1. The average molecular weight is 249 g/mol. The normalized spacial score (nSPS) is 14.4. The lowest BCUT2D eigenvalue weighted by Gasteiger charge is -2.07. The zero-order valence-electron chi connectivity index (χ0n) is 9.40. The summed E-state index contributed by atoms with van der Waals surface area (Å²) >= 11 is 1.42. The number of hydrogen-bond donors (Lipinski definition) is 3. The molecule has 17 heavy (non-hydrogen) atoms. The van der Waals surface area contributed by atoms with Crippen molar-refractivity contribution in [2.45, 2.75) is 23.8 Å². The summed E-state index contributed by atoms with van der Waals surface area (Å²) in [6.07, 6.45) is 2.20. The molecule has 0 unspecified atom stereocenters. The van der Waals surface area contributed by atoms with Crippen molar-refractivity contribution in [3.8, 4) is 0 Å². The Morgan fingerprint density at radius 2 is 2.18 bits per heavy atom. The van der Waals surface area contributed by atoms with Crippen LogP contribution in [-0.4, -0.2) is 23.5 Å². The van der Waals surface area contributed by atoms with Crippen molar-refractivity contribution in [1.29, 1.82) is 5.41 Å². The van der Waals surface area contributed by atoms with E-state index in [0.29, 0.717) is 17.4 Å². The fourth-order valence-corrected chi connectivity index (χ4v) is 2.33. The molecule has 0 saturated heterocycles. The van der Waals surface area contributed by atoms with E-state index in [2.05, 4.69) is 5.32 Å². The first-order valence-corrected chi connectivity index (χ1v) is 6.51. The Hall–Kier alpha value is -1.49. The third-order valence-electron chi connectivity index (χ3n) is 2.48. The van der Waals surface area contributed by atoms with Gasteiger partial charge in [-0.2, -0.15) is 0 Å². The summed E-state index contributed by atoms with van der Waals surface area (Å²) in [6.45, 7) is 0. The van der Waals surface area contributed by atoms with Gasteiger partial charge in [0.15, 0.2) is 0 Å². The molecule has 4 N–H and O–H groups in total. The molecule has 0 aliphatic heterocycles. The first kappa shape index (κ1) is 12.0. The molecule has 5 heteroatoms. The second-order valence-corrected chi connectivity index (χ2v) is 5.06. The number of amides is 1. The molecule has 0 heterocycles. The molecule has 1 aliphatic carbocycles. The average Bonchev–Trinajstić information content (AvgIpc) is 3.10. The number of nitrogens with two attached hydrogens (primary N) is 1. The van der Waals surface area contributed by atoms with Gasteiger partial charge >= 0.3 is 0 Å². The predicted molar refractivity (Wildman–Crippen MR) is 69.3 cm³/mol. The van der Waals surface area contributed by atoms with E-state index >= 15 is 0 Å². The molecular weight excluding hydrogens is 234 g/mol. The number of nitrogens with one attached hydrogen (secondary N) is 2. The second-order valence-electron chi connectivity index (χ2n) is 4.04. The third kappa shape index (κ3) is 3.49. The maximum absolute atomic E-state index is 11.5. The molecule has 1 aromatic rings. The van der Waals surface area contributed by atoms with Gasteiger partial charge in [0, 0.05) is 16.5 Å². The number of rotatable bonds is 5. The molecule has 1 saturated carbocycles. The van der Waals surface area contributed by atoms with Crippen LogP contribution in [0.25, 0.3) is 0 Å². The maximum atomic E-state index is 11.5. The van der Waals surface area contributed by atoms with E-state index in [0.717, 1.165) is 17.7 Å². The van der Waals surface area contributed by atoms with Gasteiger partial charge in [0.2, 0.25) is 5.91 Å². The van der Waals surface area contributed by atoms with E-state index in [1.54, 1.807) is 6.07 Å². The first-order valence-electron chi connectivity index (χ1n) is 5.52. The van der Waals surface area contributed by atoms with E-state index in [1.165, 1.54) is 11.8 Å². The van der Waals surface area contributed by atoms with Crippen molar-refractivity contribution in [2.24, 2.45) is 5.73 Å². The Kier molecular flexibility index (Phi) is 3.68. The van der Waals surface area contributed by atoms with Crippen LogP contribution in [0.2, 0.25) is 0 Å². The van der Waals surface area contributed by atoms with Gasteiger partial charge in [0.1, 0.15) is 5.84 Å². The van der Waals surface area contributed by atoms with E-state index < -0.39 is 0 Å². The lowest BCUT2D eigenvalue weighted by molar-refractivity contribution is -0.118. The van der Waals surface area contributed by atoms with E-state index in [4.69, 9.17) is 11.1 Å². The zero-order valence-corrected chi connectivity index (χ0v) is 10.2. The largest absolute Gasteiger partial charge is 0.384 e. The molecule has 0 aromatic heterocycles. The predicted octanol–water partition coefficient (Wildman–Crippen LogP) is 1.34. The van der Waals surface area contributed by atoms with Crippen molar-refractivity contribution >= 4 is 23.5 Å². The number of carbonyl (C=O) groups excluding carboxylic acids is 1. The van der Waals surface area contributed by atoms with Crippen LogP contribution in [0.5, 0.6) is 0 Å². The van der Waals surface area contributed by atoms with Crippen LogP contribution in [-0.2, 0) is 4.79 Å². The van der Waals surface area contributed by atoms with Crippen LogP contribution >= 0.6 is 11.8 Å². The highest BCUT2D eigenvalue weighted by molar-refractivity contribution is 8.00. The Labute approximate surface area is 104 Å². The minimum atomic E-state index is 0.0377. The van der Waals surface area contributed by atoms with E-state index in [-0.39, 0.29) is 11.7 Å². The highest BCUT2D eigenvalue weighted by Gasteiger charge is 2.23. The van der Waals surface area contributed by atoms with Gasteiger partial charge < -0.3 is 11.1 Å². The highest BCUT2D eigenvalue weighted by Crippen LogP contribution is 2.23. The molecule has 4 nitrogen and oxygen atoms in total. The van der Waals surface area contributed by atoms with Crippen LogP contribution in [0.1, 0.15) is 18.4 Å². The summed E-state index contributed by atoms with van der Waals surface area (Å²) in [7, 11) is 0. The van der Waals surface area contributed by atoms with Crippen LogP contribution in [0.3, 0.4) is 0 Å². The summed E-state index contributed by atoms with van der Waals surface area (Å²) < 4.78 is 0. The lowest BCUT2D eigenvalue weighted by atomic mass is 10.2. The van der Waals surface area contributed by atoms with Crippen molar-refractivity contribution in [2.75, 3.05) is 5.75 Å². The lowest BCUT2D eigenvalue weighted by Crippen LogP contribution is -2.27. The van der Waals surface area contributed by atoms with Gasteiger partial charge in [-0.05, 0) is 18.9 Å². The summed E-state index contributed by atoms with van der Waals surface area (Å²) in [5, 5.41) is 10.4. The number of amidine groups is 1. The Bertz CT molecular complexity index is 443. The summed E-state index contributed by atoms with van der Waals surface area (Å²) in [6, 6.07) is 7.79. The van der Waals surface area contributed by atoms with Crippen LogP contribution < -0.4 is 11.1 Å². The van der Waals surface area contributed by atoms with E-state index in [1.807, 2.05) is 18.2 Å². The van der Waals surface area contributed by atoms with Crippen molar-refractivity contribution in [3.05, 3.63) is 29.8 Å². The first-order chi connectivity index (χ1) is 8.16. The van der Waals surface area contributed by atoms with Gasteiger partial charge in [0.25, 0.3) is 0 Å². The third-order valence-corrected chi connectivity index (χ3v) is 3.55. The van der Waals surface area contributed by atoms with Gasteiger partial charge in [0.05, 0.1) is 5.75 Å². The molecule has 1 amide bonds. The highest BCUT2D eigenvalue weighted by atomic mass is 32.2. The molecule has 0 bridgehead atoms. The minimum absolute atomic E-state index is 0.0377. The van der Waals surface area contributed by atoms with Gasteiger partial charge in [-0.15, -0.1) is 11.8 Å². The van der Waals surface area contributed by atoms with Crippen LogP contribution in [0.4, 0.5) is 0 Å². The molecule has 0 spiro atoms. The zero-order chi connectivity index (χ0) is 12.3. The quantitative estimate of drug-likeness (QED) is 0.418. The summed E-state index contributed by atoms with van der Waals surface area (Å²) in [4.78, 5) is 12.4. The number of hydrogen-bond acceptors (Lipinski definition) is 3. The van der Waals surface area contributed by atoms with Gasteiger partial charge in [-0.25, -0.2) is 0 Å². The van der Waals surface area contributed by atoms with Crippen LogP contribution in [0.15, 0.2) is 29.2 Å². The maximum Gasteiger partial charge on any atom is 0.230 e. The van der Waals surface area contributed by atoms with Crippen molar-refractivity contribution in [1.82, 2.24) is 5.32 Å². The minimum Gasteiger partial charge on any atom is -0.384 e. The Morgan fingerprint density at radius 3 is 2.82 bits per heavy atom. The van der Waals surface area contributed by atoms with Gasteiger partial charge in [-0.1, -0.05) is 18.2 Å². The Balaban J connectivity index is 1.93. The van der Waals surface area contributed by atoms with Crippen LogP contribution in [0, 0.1) is 5.41 Å².